The van der Waals surface area contributed by atoms with E-state index in [1.165, 1.54) is 4.90 Å². The van der Waals surface area contributed by atoms with Crippen LogP contribution in [0.15, 0.2) is 46.9 Å². The normalized spacial score (nSPS) is 12.2. The number of sulfonamides is 1. The number of ether oxygens (including phenoxy) is 1. The summed E-state index contributed by atoms with van der Waals surface area (Å²) in [5.41, 5.74) is 1.98. The lowest BCUT2D eigenvalue weighted by atomic mass is 10.1. The summed E-state index contributed by atoms with van der Waals surface area (Å²) in [4.78, 5) is 28.3. The lowest BCUT2D eigenvalue weighted by Gasteiger charge is -2.33. The molecule has 0 spiro atoms. The van der Waals surface area contributed by atoms with Crippen LogP contribution in [0.2, 0.25) is 0 Å². The van der Waals surface area contributed by atoms with Crippen LogP contribution in [0.1, 0.15) is 38.3 Å². The number of amides is 2. The van der Waals surface area contributed by atoms with Crippen molar-refractivity contribution in [2.75, 3.05) is 30.8 Å². The van der Waals surface area contributed by atoms with Crippen molar-refractivity contribution >= 4 is 43.5 Å². The van der Waals surface area contributed by atoms with E-state index in [2.05, 4.69) is 21.2 Å². The zero-order chi connectivity index (χ0) is 27.0. The number of rotatable bonds is 12. The number of hydrogen-bond donors (Lipinski definition) is 1. The summed E-state index contributed by atoms with van der Waals surface area (Å²) in [5.74, 6) is 0.124. The molecular formula is C26H36BrN3O5S. The van der Waals surface area contributed by atoms with Gasteiger partial charge in [0.1, 0.15) is 18.3 Å². The molecule has 0 heterocycles. The monoisotopic (exact) mass is 581 g/mol. The number of benzene rings is 2. The van der Waals surface area contributed by atoms with Crippen LogP contribution >= 0.6 is 15.9 Å². The maximum atomic E-state index is 13.7. The van der Waals surface area contributed by atoms with Crippen LogP contribution in [-0.4, -0.2) is 57.6 Å². The molecule has 0 aliphatic carbocycles. The number of methoxy groups -OCH3 is 1. The second kappa shape index (κ2) is 13.1. The Morgan fingerprint density at radius 2 is 1.83 bits per heavy atom. The Morgan fingerprint density at radius 3 is 2.39 bits per heavy atom. The highest BCUT2D eigenvalue weighted by atomic mass is 79.9. The van der Waals surface area contributed by atoms with Gasteiger partial charge >= 0.3 is 0 Å². The van der Waals surface area contributed by atoms with Crippen LogP contribution in [0.25, 0.3) is 0 Å². The predicted octanol–water partition coefficient (Wildman–Crippen LogP) is 4.11. The largest absolute Gasteiger partial charge is 0.497 e. The maximum absolute atomic E-state index is 13.7. The molecule has 2 aromatic rings. The highest BCUT2D eigenvalue weighted by Gasteiger charge is 2.32. The molecule has 8 nitrogen and oxygen atoms in total. The number of nitrogens with one attached hydrogen (secondary N) is 1. The van der Waals surface area contributed by atoms with Crippen LogP contribution < -0.4 is 14.4 Å². The molecule has 0 unspecified atom stereocenters. The van der Waals surface area contributed by atoms with Crippen molar-refractivity contribution in [2.45, 2.75) is 46.7 Å². The van der Waals surface area contributed by atoms with Crippen LogP contribution in [0.5, 0.6) is 5.75 Å². The lowest BCUT2D eigenvalue weighted by Crippen LogP contribution is -2.52. The highest BCUT2D eigenvalue weighted by molar-refractivity contribution is 9.10. The Balaban J connectivity index is 2.46. The van der Waals surface area contributed by atoms with Gasteiger partial charge < -0.3 is 15.0 Å². The van der Waals surface area contributed by atoms with E-state index in [9.17, 15) is 18.0 Å². The Hall–Kier alpha value is -2.59. The fourth-order valence-electron chi connectivity index (χ4n) is 3.71. The molecule has 0 aliphatic heterocycles. The van der Waals surface area contributed by atoms with Crippen molar-refractivity contribution in [2.24, 2.45) is 5.92 Å². The smallest absolute Gasteiger partial charge is 0.244 e. The van der Waals surface area contributed by atoms with E-state index in [0.717, 1.165) is 26.2 Å². The molecule has 0 fully saturated rings. The van der Waals surface area contributed by atoms with Gasteiger partial charge in [-0.25, -0.2) is 8.42 Å². The number of anilines is 1. The molecule has 0 aromatic heterocycles. The Labute approximate surface area is 223 Å². The van der Waals surface area contributed by atoms with E-state index in [4.69, 9.17) is 4.74 Å². The third-order valence-corrected chi connectivity index (χ3v) is 7.70. The molecule has 1 atom stereocenters. The fraction of sp³-hybridized carbons (Fsp3) is 0.462. The van der Waals surface area contributed by atoms with Crippen molar-refractivity contribution in [3.05, 3.63) is 58.1 Å². The summed E-state index contributed by atoms with van der Waals surface area (Å²) in [7, 11) is -2.23. The average molecular weight is 583 g/mol. The van der Waals surface area contributed by atoms with Crippen molar-refractivity contribution in [1.82, 2.24) is 10.2 Å². The number of carbonyl (C=O) groups excluding carboxylic acids is 2. The van der Waals surface area contributed by atoms with Gasteiger partial charge in [-0.1, -0.05) is 48.8 Å². The molecular weight excluding hydrogens is 546 g/mol. The Kier molecular flexibility index (Phi) is 10.8. The predicted molar refractivity (Wildman–Crippen MR) is 147 cm³/mol. The minimum absolute atomic E-state index is 0.126. The van der Waals surface area contributed by atoms with E-state index < -0.39 is 28.5 Å². The first kappa shape index (κ1) is 29.6. The molecule has 2 aromatic carbocycles. The summed E-state index contributed by atoms with van der Waals surface area (Å²) in [6.07, 6.45) is 1.44. The van der Waals surface area contributed by atoms with E-state index in [0.29, 0.717) is 24.4 Å². The quantitative estimate of drug-likeness (QED) is 0.407. The zero-order valence-corrected chi connectivity index (χ0v) is 24.1. The lowest BCUT2D eigenvalue weighted by molar-refractivity contribution is -0.140. The van der Waals surface area contributed by atoms with Gasteiger partial charge in [-0.05, 0) is 60.7 Å². The fourth-order valence-corrected chi connectivity index (χ4v) is 4.80. The summed E-state index contributed by atoms with van der Waals surface area (Å²) >= 11 is 3.42. The third-order valence-electron chi connectivity index (χ3n) is 5.67. The first-order valence-electron chi connectivity index (χ1n) is 11.8. The average Bonchev–Trinajstić information content (AvgIpc) is 2.82. The Bertz CT molecular complexity index is 1170. The second-order valence-corrected chi connectivity index (χ2v) is 11.9. The molecule has 0 aliphatic rings. The van der Waals surface area contributed by atoms with E-state index >= 15 is 0 Å². The van der Waals surface area contributed by atoms with Crippen LogP contribution in [0.3, 0.4) is 0 Å². The van der Waals surface area contributed by atoms with Gasteiger partial charge in [0.2, 0.25) is 21.8 Å². The first-order valence-corrected chi connectivity index (χ1v) is 14.4. The van der Waals surface area contributed by atoms with Crippen LogP contribution in [-0.2, 0) is 26.2 Å². The molecule has 0 radical (unpaired) electrons. The summed E-state index contributed by atoms with van der Waals surface area (Å²) in [6.45, 7) is 7.83. The van der Waals surface area contributed by atoms with Gasteiger partial charge in [0.25, 0.3) is 0 Å². The van der Waals surface area contributed by atoms with Crippen molar-refractivity contribution < 1.29 is 22.7 Å². The van der Waals surface area contributed by atoms with Gasteiger partial charge in [0.15, 0.2) is 0 Å². The minimum atomic E-state index is -3.78. The van der Waals surface area contributed by atoms with Gasteiger partial charge in [0, 0.05) is 17.6 Å². The highest BCUT2D eigenvalue weighted by Crippen LogP contribution is 2.25. The molecule has 10 heteroatoms. The molecule has 0 saturated heterocycles. The number of carbonyl (C=O) groups is 2. The van der Waals surface area contributed by atoms with E-state index in [1.807, 2.05) is 39.8 Å². The van der Waals surface area contributed by atoms with Crippen molar-refractivity contribution in [3.8, 4) is 5.75 Å². The summed E-state index contributed by atoms with van der Waals surface area (Å²) < 4.78 is 32.7. The SMILES string of the molecule is CC[C@H](C(=O)NCC(C)C)N(Cc1cccc(OC)c1)C(=O)CN(c1ccc(Br)c(C)c1)S(C)(=O)=O. The van der Waals surface area contributed by atoms with Crippen molar-refractivity contribution in [3.63, 3.8) is 0 Å². The topological polar surface area (TPSA) is 96.0 Å². The molecule has 1 N–H and O–H groups in total. The summed E-state index contributed by atoms with van der Waals surface area (Å²) in [6, 6.07) is 11.6. The standard InChI is InChI=1S/C26H36BrN3O5S/c1-7-24(26(32)28-15-18(2)3)29(16-20-9-8-10-22(14-20)35-5)25(31)17-30(36(6,33)34)21-11-12-23(27)19(4)13-21/h8-14,18,24H,7,15-17H2,1-6H3,(H,28,32)/t24-/m1/s1. The summed E-state index contributed by atoms with van der Waals surface area (Å²) in [5, 5.41) is 2.91. The van der Waals surface area contributed by atoms with Crippen molar-refractivity contribution in [1.29, 1.82) is 0 Å². The minimum Gasteiger partial charge on any atom is -0.497 e. The van der Waals surface area contributed by atoms with E-state index in [-0.39, 0.29) is 18.4 Å². The van der Waals surface area contributed by atoms with Gasteiger partial charge in [-0.2, -0.15) is 0 Å². The molecule has 2 amide bonds. The number of halogens is 1. The van der Waals surface area contributed by atoms with Gasteiger partial charge in [-0.15, -0.1) is 0 Å². The van der Waals surface area contributed by atoms with Gasteiger partial charge in [0.05, 0.1) is 19.1 Å². The number of nitrogens with zero attached hydrogens (tertiary/aromatic N) is 2. The molecule has 36 heavy (non-hydrogen) atoms. The Morgan fingerprint density at radius 1 is 1.14 bits per heavy atom. The first-order chi connectivity index (χ1) is 16.9. The second-order valence-electron chi connectivity index (χ2n) is 9.14. The zero-order valence-electron chi connectivity index (χ0n) is 21.7. The number of aryl methyl sites for hydroxylation is 1. The molecule has 198 valence electrons. The van der Waals surface area contributed by atoms with Gasteiger partial charge in [-0.3, -0.25) is 13.9 Å². The molecule has 0 saturated carbocycles. The molecule has 2 rings (SSSR count). The molecule has 0 bridgehead atoms. The van der Waals surface area contributed by atoms with E-state index in [1.54, 1.807) is 37.4 Å². The number of hydrogen-bond acceptors (Lipinski definition) is 5. The van der Waals surface area contributed by atoms with Crippen LogP contribution in [0, 0.1) is 12.8 Å². The van der Waals surface area contributed by atoms with Crippen LogP contribution in [0.4, 0.5) is 5.69 Å². The third kappa shape index (κ3) is 8.23. The maximum Gasteiger partial charge on any atom is 0.244 e.